The van der Waals surface area contributed by atoms with Crippen molar-refractivity contribution < 1.29 is 0 Å². The molecule has 90 valence electrons. The van der Waals surface area contributed by atoms with Gasteiger partial charge in [-0.25, -0.2) is 0 Å². The Morgan fingerprint density at radius 3 is 1.28 bits per heavy atom. The minimum Gasteiger partial charge on any atom is -0.159 e. The van der Waals surface area contributed by atoms with Crippen molar-refractivity contribution in [1.29, 1.82) is 0 Å². The van der Waals surface area contributed by atoms with Gasteiger partial charge in [-0.05, 0) is 80.6 Å². The summed E-state index contributed by atoms with van der Waals surface area (Å²) in [5.41, 5.74) is 2.10. The van der Waals surface area contributed by atoms with E-state index in [0.717, 1.165) is 11.1 Å². The first kappa shape index (κ1) is 13.7. The maximum absolute atomic E-state index is 4.03. The molecular weight excluding hydrogens is 450 g/mol. The molecule has 0 fully saturated rings. The summed E-state index contributed by atoms with van der Waals surface area (Å²) in [6.07, 6.45) is 3.50. The van der Waals surface area contributed by atoms with E-state index >= 15 is 0 Å². The van der Waals surface area contributed by atoms with E-state index in [9.17, 15) is 0 Å². The highest BCUT2D eigenvalue weighted by Crippen LogP contribution is 2.06. The van der Waals surface area contributed by atoms with E-state index in [1.165, 1.54) is 7.14 Å². The average Bonchev–Trinajstić information content (AvgIpc) is 2.39. The summed E-state index contributed by atoms with van der Waals surface area (Å²) in [6.45, 7) is 0. The summed E-state index contributed by atoms with van der Waals surface area (Å²) in [5.74, 6) is 0. The van der Waals surface area contributed by atoms with Crippen molar-refractivity contribution >= 4 is 57.6 Å². The third-order valence-electron chi connectivity index (χ3n) is 2.22. The lowest BCUT2D eigenvalue weighted by Crippen LogP contribution is -1.82. The number of benzene rings is 2. The maximum Gasteiger partial charge on any atom is 0.0568 e. The molecule has 0 heterocycles. The Labute approximate surface area is 134 Å². The molecule has 0 saturated heterocycles. The van der Waals surface area contributed by atoms with Crippen molar-refractivity contribution in [3.8, 4) is 0 Å². The zero-order valence-corrected chi connectivity index (χ0v) is 13.7. The zero-order chi connectivity index (χ0) is 12.8. The van der Waals surface area contributed by atoms with E-state index in [-0.39, 0.29) is 0 Å². The Bertz CT molecular complexity index is 504. The molecule has 0 N–H and O–H groups in total. The van der Waals surface area contributed by atoms with Gasteiger partial charge in [0.2, 0.25) is 0 Å². The van der Waals surface area contributed by atoms with Crippen LogP contribution in [0.5, 0.6) is 0 Å². The number of hydrogen-bond acceptors (Lipinski definition) is 2. The summed E-state index contributed by atoms with van der Waals surface area (Å²) in [5, 5.41) is 8.06. The van der Waals surface area contributed by atoms with Gasteiger partial charge in [0.25, 0.3) is 0 Å². The van der Waals surface area contributed by atoms with E-state index in [1.807, 2.05) is 48.5 Å². The second-order valence-electron chi connectivity index (χ2n) is 3.59. The maximum atomic E-state index is 4.03. The Morgan fingerprint density at radius 2 is 0.944 bits per heavy atom. The highest BCUT2D eigenvalue weighted by molar-refractivity contribution is 14.1. The summed E-state index contributed by atoms with van der Waals surface area (Å²) in [6, 6.07) is 16.3. The first-order valence-corrected chi connectivity index (χ1v) is 7.47. The summed E-state index contributed by atoms with van der Waals surface area (Å²) >= 11 is 4.55. The molecule has 0 aromatic heterocycles. The van der Waals surface area contributed by atoms with E-state index in [0.29, 0.717) is 0 Å². The predicted molar refractivity (Wildman–Crippen MR) is 93.5 cm³/mol. The van der Waals surface area contributed by atoms with Crippen LogP contribution in [0, 0.1) is 7.14 Å². The van der Waals surface area contributed by atoms with Crippen LogP contribution in [0.2, 0.25) is 0 Å². The molecule has 0 atom stereocenters. The molecule has 0 radical (unpaired) electrons. The molecule has 18 heavy (non-hydrogen) atoms. The zero-order valence-electron chi connectivity index (χ0n) is 9.42. The number of nitrogens with zero attached hydrogens (tertiary/aromatic N) is 2. The lowest BCUT2D eigenvalue weighted by Gasteiger charge is -1.92. The highest BCUT2D eigenvalue weighted by atomic mass is 127. The fourth-order valence-electron chi connectivity index (χ4n) is 1.30. The van der Waals surface area contributed by atoms with Crippen molar-refractivity contribution in [1.82, 2.24) is 0 Å². The Kier molecular flexibility index (Phi) is 5.30. The van der Waals surface area contributed by atoms with E-state index in [1.54, 1.807) is 12.4 Å². The van der Waals surface area contributed by atoms with Gasteiger partial charge in [0.05, 0.1) is 12.4 Å². The van der Waals surface area contributed by atoms with Gasteiger partial charge >= 0.3 is 0 Å². The number of rotatable bonds is 3. The van der Waals surface area contributed by atoms with Crippen LogP contribution in [-0.4, -0.2) is 12.4 Å². The molecule has 2 nitrogen and oxygen atoms in total. The lowest BCUT2D eigenvalue weighted by atomic mass is 10.2. The third kappa shape index (κ3) is 4.49. The first-order chi connectivity index (χ1) is 8.74. The molecule has 0 spiro atoms. The molecule has 0 aliphatic rings. The first-order valence-electron chi connectivity index (χ1n) is 5.31. The molecule has 4 heteroatoms. The van der Waals surface area contributed by atoms with Crippen molar-refractivity contribution in [2.75, 3.05) is 0 Å². The molecular formula is C14H10I2N2. The largest absolute Gasteiger partial charge is 0.159 e. The van der Waals surface area contributed by atoms with Crippen molar-refractivity contribution in [2.45, 2.75) is 0 Å². The molecule has 0 unspecified atom stereocenters. The molecule has 2 aromatic rings. The summed E-state index contributed by atoms with van der Waals surface area (Å²) < 4.78 is 2.43. The minimum atomic E-state index is 1.05. The van der Waals surface area contributed by atoms with Gasteiger partial charge in [0.15, 0.2) is 0 Å². The smallest absolute Gasteiger partial charge is 0.0568 e. The normalized spacial score (nSPS) is 11.4. The van der Waals surface area contributed by atoms with Gasteiger partial charge in [-0.1, -0.05) is 24.3 Å². The van der Waals surface area contributed by atoms with Gasteiger partial charge in [-0.2, -0.15) is 10.2 Å². The van der Waals surface area contributed by atoms with Crippen LogP contribution < -0.4 is 0 Å². The van der Waals surface area contributed by atoms with Gasteiger partial charge < -0.3 is 0 Å². The number of hydrogen-bond donors (Lipinski definition) is 0. The van der Waals surface area contributed by atoms with Crippen LogP contribution in [-0.2, 0) is 0 Å². The fraction of sp³-hybridized carbons (Fsp3) is 0. The molecule has 0 amide bonds. The lowest BCUT2D eigenvalue weighted by molar-refractivity contribution is 1.26. The standard InChI is InChI=1S/C14H10I2N2/c15-13-5-1-11(2-6-13)9-17-18-10-12-3-7-14(16)8-4-12/h1-10H/b17-9+,18-10+. The summed E-state index contributed by atoms with van der Waals surface area (Å²) in [4.78, 5) is 0. The number of halogens is 2. The fourth-order valence-corrected chi connectivity index (χ4v) is 2.02. The van der Waals surface area contributed by atoms with Crippen LogP contribution in [0.25, 0.3) is 0 Å². The van der Waals surface area contributed by atoms with Crippen LogP contribution >= 0.6 is 45.2 Å². The summed E-state index contributed by atoms with van der Waals surface area (Å²) in [7, 11) is 0. The van der Waals surface area contributed by atoms with Gasteiger partial charge in [0.1, 0.15) is 0 Å². The average molecular weight is 460 g/mol. The van der Waals surface area contributed by atoms with Crippen LogP contribution in [0.15, 0.2) is 58.7 Å². The molecule has 0 aliphatic carbocycles. The second kappa shape index (κ2) is 6.98. The monoisotopic (exact) mass is 460 g/mol. The Morgan fingerprint density at radius 1 is 0.611 bits per heavy atom. The van der Waals surface area contributed by atoms with Crippen LogP contribution in [0.4, 0.5) is 0 Å². The van der Waals surface area contributed by atoms with Crippen LogP contribution in [0.3, 0.4) is 0 Å². The van der Waals surface area contributed by atoms with E-state index < -0.39 is 0 Å². The molecule has 0 bridgehead atoms. The van der Waals surface area contributed by atoms with Gasteiger partial charge in [-0.3, -0.25) is 0 Å². The molecule has 2 rings (SSSR count). The third-order valence-corrected chi connectivity index (χ3v) is 3.66. The topological polar surface area (TPSA) is 24.7 Å². The van der Waals surface area contributed by atoms with Crippen LogP contribution in [0.1, 0.15) is 11.1 Å². The van der Waals surface area contributed by atoms with Gasteiger partial charge in [-0.15, -0.1) is 0 Å². The minimum absolute atomic E-state index is 1.05. The highest BCUT2D eigenvalue weighted by Gasteiger charge is 1.88. The van der Waals surface area contributed by atoms with Gasteiger partial charge in [0, 0.05) is 7.14 Å². The molecule has 0 aliphatic heterocycles. The Balaban J connectivity index is 1.98. The van der Waals surface area contributed by atoms with E-state index in [4.69, 9.17) is 0 Å². The molecule has 2 aromatic carbocycles. The Hall–Kier alpha value is -0.760. The predicted octanol–water partition coefficient (Wildman–Crippen LogP) is 4.35. The quantitative estimate of drug-likeness (QED) is 0.370. The SMILES string of the molecule is Ic1ccc(/C=N/N=C/c2ccc(I)cc2)cc1. The van der Waals surface area contributed by atoms with Crippen molar-refractivity contribution in [3.05, 3.63) is 66.8 Å². The molecule has 0 saturated carbocycles. The van der Waals surface area contributed by atoms with Crippen molar-refractivity contribution in [3.63, 3.8) is 0 Å². The van der Waals surface area contributed by atoms with E-state index in [2.05, 4.69) is 55.4 Å². The second-order valence-corrected chi connectivity index (χ2v) is 6.08. The van der Waals surface area contributed by atoms with Crippen molar-refractivity contribution in [2.24, 2.45) is 10.2 Å².